The van der Waals surface area contributed by atoms with Crippen molar-refractivity contribution in [3.8, 4) is 27.6 Å². The fraction of sp³-hybridized carbons (Fsp3) is 0.0500. The molecule has 7 heteroatoms. The summed E-state index contributed by atoms with van der Waals surface area (Å²) >= 11 is 4.80. The van der Waals surface area contributed by atoms with Crippen molar-refractivity contribution < 1.29 is 13.9 Å². The largest absolute Gasteiger partial charge is 0.427 e. The number of carbonyl (C=O) groups excluding carboxylic acids is 1. The number of hydrogen-bond donors (Lipinski definition) is 0. The van der Waals surface area contributed by atoms with Crippen LogP contribution in [0.3, 0.4) is 0 Å². The molecule has 0 radical (unpaired) electrons. The first kappa shape index (κ1) is 17.6. The highest BCUT2D eigenvalue weighted by Crippen LogP contribution is 2.30. The molecule has 4 aromatic rings. The van der Waals surface area contributed by atoms with E-state index >= 15 is 0 Å². The molecular weight excluding hydrogens is 430 g/mol. The highest BCUT2D eigenvalue weighted by Gasteiger charge is 2.13. The van der Waals surface area contributed by atoms with E-state index in [0.29, 0.717) is 21.9 Å². The number of nitrogens with zero attached hydrogens (tertiary/aromatic N) is 1. The van der Waals surface area contributed by atoms with Gasteiger partial charge in [-0.2, -0.15) is 0 Å². The van der Waals surface area contributed by atoms with Crippen LogP contribution in [-0.4, -0.2) is 11.0 Å². The Morgan fingerprint density at radius 1 is 1.15 bits per heavy atom. The van der Waals surface area contributed by atoms with Crippen LogP contribution in [0.5, 0.6) is 5.75 Å². The van der Waals surface area contributed by atoms with Crippen molar-refractivity contribution in [1.82, 2.24) is 4.98 Å². The molecule has 0 N–H and O–H groups in total. The van der Waals surface area contributed by atoms with Crippen LogP contribution >= 0.6 is 27.3 Å². The van der Waals surface area contributed by atoms with Crippen molar-refractivity contribution in [2.24, 2.45) is 0 Å². The van der Waals surface area contributed by atoms with Crippen LogP contribution in [0.4, 0.5) is 0 Å². The molecule has 0 saturated carbocycles. The van der Waals surface area contributed by atoms with Gasteiger partial charge in [-0.1, -0.05) is 28.1 Å². The Balaban J connectivity index is 1.73. The maximum Gasteiger partial charge on any atom is 0.346 e. The van der Waals surface area contributed by atoms with Gasteiger partial charge in [-0.15, -0.1) is 11.3 Å². The number of thiazole rings is 1. The molecule has 0 fully saturated rings. The van der Waals surface area contributed by atoms with Crippen LogP contribution in [0.25, 0.3) is 32.8 Å². The number of rotatable bonds is 3. The quantitative estimate of drug-likeness (QED) is 0.246. The average molecular weight is 442 g/mol. The normalized spacial score (nSPS) is 10.9. The molecule has 0 aliphatic carbocycles. The minimum absolute atomic E-state index is 0.331. The lowest BCUT2D eigenvalue weighted by atomic mass is 10.1. The van der Waals surface area contributed by atoms with Gasteiger partial charge in [0.15, 0.2) is 0 Å². The molecule has 0 atom stereocenters. The number of fused-ring (bicyclic) bond motifs is 1. The Kier molecular flexibility index (Phi) is 4.63. The van der Waals surface area contributed by atoms with E-state index in [1.807, 2.05) is 29.6 Å². The number of hydrogen-bond acceptors (Lipinski definition) is 6. The van der Waals surface area contributed by atoms with Gasteiger partial charge in [0.1, 0.15) is 16.3 Å². The Bertz CT molecular complexity index is 1210. The Hall–Kier alpha value is -2.77. The second-order valence-corrected chi connectivity index (χ2v) is 7.56. The van der Waals surface area contributed by atoms with Gasteiger partial charge in [-0.3, -0.25) is 4.79 Å². The number of aromatic nitrogens is 1. The zero-order valence-electron chi connectivity index (χ0n) is 14.1. The van der Waals surface area contributed by atoms with Crippen LogP contribution in [0.1, 0.15) is 6.92 Å². The highest BCUT2D eigenvalue weighted by atomic mass is 79.9. The number of carbonyl (C=O) groups is 1. The molecule has 0 unspecified atom stereocenters. The van der Waals surface area contributed by atoms with Crippen LogP contribution in [-0.2, 0) is 4.79 Å². The van der Waals surface area contributed by atoms with Crippen molar-refractivity contribution in [1.29, 1.82) is 0 Å². The molecule has 4 rings (SSSR count). The molecule has 27 heavy (non-hydrogen) atoms. The maximum absolute atomic E-state index is 12.4. The molecular formula is C20H12BrNO4S. The molecule has 0 bridgehead atoms. The standard InChI is InChI=1S/C20H12BrNO4S/c1-11(23)25-15-7-4-13-8-16(20(24)26-18(13)9-15)19-22-17(10-27-19)12-2-5-14(21)6-3-12/h2-10H,1H3. The van der Waals surface area contributed by atoms with Crippen LogP contribution in [0, 0.1) is 0 Å². The molecule has 0 aliphatic rings. The maximum atomic E-state index is 12.4. The van der Waals surface area contributed by atoms with Gasteiger partial charge < -0.3 is 9.15 Å². The fourth-order valence-corrected chi connectivity index (χ4v) is 3.72. The van der Waals surface area contributed by atoms with Crippen molar-refractivity contribution in [3.05, 3.63) is 68.8 Å². The third-order valence-corrected chi connectivity index (χ3v) is 5.25. The van der Waals surface area contributed by atoms with Gasteiger partial charge in [0.05, 0.1) is 11.3 Å². The molecule has 5 nitrogen and oxygen atoms in total. The van der Waals surface area contributed by atoms with E-state index in [-0.39, 0.29) is 0 Å². The zero-order chi connectivity index (χ0) is 19.0. The van der Waals surface area contributed by atoms with Crippen molar-refractivity contribution in [2.75, 3.05) is 0 Å². The minimum Gasteiger partial charge on any atom is -0.427 e. The third kappa shape index (κ3) is 3.70. The summed E-state index contributed by atoms with van der Waals surface area (Å²) in [5.74, 6) is -0.103. The smallest absolute Gasteiger partial charge is 0.346 e. The summed E-state index contributed by atoms with van der Waals surface area (Å²) in [7, 11) is 0. The topological polar surface area (TPSA) is 69.4 Å². The first-order valence-electron chi connectivity index (χ1n) is 7.98. The summed E-state index contributed by atoms with van der Waals surface area (Å²) in [6.07, 6.45) is 0. The van der Waals surface area contributed by atoms with Gasteiger partial charge in [0, 0.05) is 33.8 Å². The first-order valence-corrected chi connectivity index (χ1v) is 9.65. The van der Waals surface area contributed by atoms with Gasteiger partial charge in [0.2, 0.25) is 0 Å². The predicted molar refractivity (Wildman–Crippen MR) is 108 cm³/mol. The van der Waals surface area contributed by atoms with Gasteiger partial charge in [-0.25, -0.2) is 9.78 Å². The van der Waals surface area contributed by atoms with Crippen LogP contribution in [0.15, 0.2) is 67.6 Å². The Morgan fingerprint density at radius 3 is 2.67 bits per heavy atom. The predicted octanol–water partition coefficient (Wildman–Crippen LogP) is 5.27. The summed E-state index contributed by atoms with van der Waals surface area (Å²) < 4.78 is 11.4. The second-order valence-electron chi connectivity index (χ2n) is 5.79. The molecule has 2 aromatic heterocycles. The lowest BCUT2D eigenvalue weighted by Gasteiger charge is -2.03. The zero-order valence-corrected chi connectivity index (χ0v) is 16.5. The second kappa shape index (κ2) is 7.09. The fourth-order valence-electron chi connectivity index (χ4n) is 2.62. The van der Waals surface area contributed by atoms with Crippen molar-refractivity contribution in [3.63, 3.8) is 0 Å². The van der Waals surface area contributed by atoms with Gasteiger partial charge in [-0.05, 0) is 30.3 Å². The first-order chi connectivity index (χ1) is 13.0. The van der Waals surface area contributed by atoms with Crippen LogP contribution < -0.4 is 10.4 Å². The number of halogens is 1. The van der Waals surface area contributed by atoms with Crippen molar-refractivity contribution >= 4 is 44.2 Å². The lowest BCUT2D eigenvalue weighted by molar-refractivity contribution is -0.131. The van der Waals surface area contributed by atoms with E-state index < -0.39 is 11.6 Å². The summed E-state index contributed by atoms with van der Waals surface area (Å²) in [5.41, 5.74) is 2.03. The number of ether oxygens (including phenoxy) is 1. The molecule has 0 aliphatic heterocycles. The van der Waals surface area contributed by atoms with E-state index in [2.05, 4.69) is 20.9 Å². The molecule has 2 aromatic carbocycles. The van der Waals surface area contributed by atoms with E-state index in [1.54, 1.807) is 18.2 Å². The van der Waals surface area contributed by atoms with E-state index in [4.69, 9.17) is 9.15 Å². The monoisotopic (exact) mass is 441 g/mol. The number of benzene rings is 2. The Morgan fingerprint density at radius 2 is 1.93 bits per heavy atom. The summed E-state index contributed by atoms with van der Waals surface area (Å²) in [6, 6.07) is 14.5. The molecule has 0 amide bonds. The molecule has 2 heterocycles. The molecule has 134 valence electrons. The van der Waals surface area contributed by atoms with Crippen LogP contribution in [0.2, 0.25) is 0 Å². The number of esters is 1. The van der Waals surface area contributed by atoms with Gasteiger partial charge in [0.25, 0.3) is 0 Å². The SMILES string of the molecule is CC(=O)Oc1ccc2cc(-c3nc(-c4ccc(Br)cc4)cs3)c(=O)oc2c1. The molecule has 0 saturated heterocycles. The summed E-state index contributed by atoms with van der Waals surface area (Å²) in [5, 5.41) is 3.22. The Labute approximate surface area is 166 Å². The molecule has 0 spiro atoms. The third-order valence-electron chi connectivity index (χ3n) is 3.84. The van der Waals surface area contributed by atoms with Crippen molar-refractivity contribution in [2.45, 2.75) is 6.92 Å². The van der Waals surface area contributed by atoms with E-state index in [1.165, 1.54) is 24.3 Å². The highest BCUT2D eigenvalue weighted by molar-refractivity contribution is 9.10. The minimum atomic E-state index is -0.487. The van der Waals surface area contributed by atoms with Gasteiger partial charge >= 0.3 is 11.6 Å². The van der Waals surface area contributed by atoms with E-state index in [9.17, 15) is 9.59 Å². The summed E-state index contributed by atoms with van der Waals surface area (Å²) in [4.78, 5) is 28.1. The average Bonchev–Trinajstić information content (AvgIpc) is 3.11. The van der Waals surface area contributed by atoms with E-state index in [0.717, 1.165) is 21.1 Å². The lowest BCUT2D eigenvalue weighted by Crippen LogP contribution is -2.04. The summed E-state index contributed by atoms with van der Waals surface area (Å²) in [6.45, 7) is 1.31.